The quantitative estimate of drug-likeness (QED) is 0.624. The van der Waals surface area contributed by atoms with Gasteiger partial charge >= 0.3 is 0 Å². The lowest BCUT2D eigenvalue weighted by molar-refractivity contribution is 0.0687. The average Bonchev–Trinajstić information content (AvgIpc) is 2.43. The van der Waals surface area contributed by atoms with Crippen molar-refractivity contribution in [1.29, 1.82) is 0 Å². The molecule has 0 bridgehead atoms. The van der Waals surface area contributed by atoms with E-state index in [0.717, 1.165) is 32.4 Å². The number of hydrogen-bond acceptors (Lipinski definition) is 3. The first kappa shape index (κ1) is 16.2. The molecule has 0 spiro atoms. The molecular weight excluding hydrogens is 238 g/mol. The molecule has 0 aromatic heterocycles. The van der Waals surface area contributed by atoms with Crippen LogP contribution in [0.1, 0.15) is 25.3 Å². The van der Waals surface area contributed by atoms with Crippen molar-refractivity contribution in [3.05, 3.63) is 35.9 Å². The van der Waals surface area contributed by atoms with Crippen molar-refractivity contribution in [2.24, 2.45) is 0 Å². The summed E-state index contributed by atoms with van der Waals surface area (Å²) >= 11 is 0. The molecule has 0 aliphatic rings. The van der Waals surface area contributed by atoms with E-state index >= 15 is 0 Å². The van der Waals surface area contributed by atoms with Gasteiger partial charge in [0.2, 0.25) is 0 Å². The molecule has 0 amide bonds. The summed E-state index contributed by atoms with van der Waals surface area (Å²) in [4.78, 5) is 0. The summed E-state index contributed by atoms with van der Waals surface area (Å²) in [5, 5.41) is 3.55. The molecule has 3 nitrogen and oxygen atoms in total. The minimum absolute atomic E-state index is 0.525. The number of benzene rings is 1. The topological polar surface area (TPSA) is 30.5 Å². The van der Waals surface area contributed by atoms with E-state index in [-0.39, 0.29) is 0 Å². The van der Waals surface area contributed by atoms with Crippen LogP contribution in [0.2, 0.25) is 0 Å². The Morgan fingerprint density at radius 1 is 1.05 bits per heavy atom. The van der Waals surface area contributed by atoms with Crippen molar-refractivity contribution >= 4 is 0 Å². The van der Waals surface area contributed by atoms with Gasteiger partial charge < -0.3 is 14.8 Å². The Hall–Kier alpha value is -0.900. The van der Waals surface area contributed by atoms with E-state index in [1.54, 1.807) is 7.11 Å². The molecule has 0 heterocycles. The SMILES string of the molecule is COCCOCCCCNC(C)Cc1ccccc1. The predicted molar refractivity (Wildman–Crippen MR) is 79.5 cm³/mol. The Morgan fingerprint density at radius 3 is 2.58 bits per heavy atom. The maximum Gasteiger partial charge on any atom is 0.0700 e. The van der Waals surface area contributed by atoms with Crippen LogP contribution in [0.3, 0.4) is 0 Å². The van der Waals surface area contributed by atoms with E-state index in [9.17, 15) is 0 Å². The third-order valence-electron chi connectivity index (χ3n) is 3.02. The van der Waals surface area contributed by atoms with E-state index in [0.29, 0.717) is 19.3 Å². The van der Waals surface area contributed by atoms with Crippen LogP contribution in [0, 0.1) is 0 Å². The van der Waals surface area contributed by atoms with Crippen molar-refractivity contribution in [3.63, 3.8) is 0 Å². The van der Waals surface area contributed by atoms with Gasteiger partial charge in [0.15, 0.2) is 0 Å². The van der Waals surface area contributed by atoms with Crippen LogP contribution in [-0.2, 0) is 15.9 Å². The zero-order valence-corrected chi connectivity index (χ0v) is 12.2. The van der Waals surface area contributed by atoms with Crippen LogP contribution in [0.5, 0.6) is 0 Å². The molecule has 0 fully saturated rings. The fourth-order valence-corrected chi connectivity index (χ4v) is 1.96. The highest BCUT2D eigenvalue weighted by Gasteiger charge is 2.01. The zero-order valence-electron chi connectivity index (χ0n) is 12.2. The Bertz CT molecular complexity index is 303. The molecular formula is C16H27NO2. The van der Waals surface area contributed by atoms with Crippen LogP contribution in [0.4, 0.5) is 0 Å². The summed E-state index contributed by atoms with van der Waals surface area (Å²) in [5.41, 5.74) is 1.39. The number of methoxy groups -OCH3 is 1. The molecule has 1 aromatic rings. The van der Waals surface area contributed by atoms with Crippen molar-refractivity contribution in [3.8, 4) is 0 Å². The van der Waals surface area contributed by atoms with Crippen LogP contribution in [0.25, 0.3) is 0 Å². The molecule has 1 unspecified atom stereocenters. The Balaban J connectivity index is 1.94. The van der Waals surface area contributed by atoms with Crippen molar-refractivity contribution in [2.45, 2.75) is 32.2 Å². The Kier molecular flexibility index (Phi) is 9.33. The highest BCUT2D eigenvalue weighted by Crippen LogP contribution is 2.02. The predicted octanol–water partition coefficient (Wildman–Crippen LogP) is 2.65. The summed E-state index contributed by atoms with van der Waals surface area (Å²) in [5.74, 6) is 0. The van der Waals surface area contributed by atoms with Gasteiger partial charge in [-0.2, -0.15) is 0 Å². The van der Waals surface area contributed by atoms with E-state index in [2.05, 4.69) is 42.6 Å². The van der Waals surface area contributed by atoms with Crippen molar-refractivity contribution in [1.82, 2.24) is 5.32 Å². The molecule has 19 heavy (non-hydrogen) atoms. The maximum absolute atomic E-state index is 5.42. The van der Waals surface area contributed by atoms with Gasteiger partial charge in [-0.15, -0.1) is 0 Å². The van der Waals surface area contributed by atoms with Gasteiger partial charge in [-0.3, -0.25) is 0 Å². The van der Waals surface area contributed by atoms with Crippen molar-refractivity contribution in [2.75, 3.05) is 33.5 Å². The molecule has 1 N–H and O–H groups in total. The molecule has 0 saturated heterocycles. The highest BCUT2D eigenvalue weighted by atomic mass is 16.5. The van der Waals surface area contributed by atoms with E-state index in [1.165, 1.54) is 5.56 Å². The second-order valence-electron chi connectivity index (χ2n) is 4.86. The number of rotatable bonds is 11. The summed E-state index contributed by atoms with van der Waals surface area (Å²) < 4.78 is 10.3. The first-order chi connectivity index (χ1) is 9.33. The van der Waals surface area contributed by atoms with Crippen molar-refractivity contribution < 1.29 is 9.47 Å². The van der Waals surface area contributed by atoms with Gasteiger partial charge in [-0.1, -0.05) is 30.3 Å². The molecule has 108 valence electrons. The minimum Gasteiger partial charge on any atom is -0.382 e. The fraction of sp³-hybridized carbons (Fsp3) is 0.625. The number of unbranched alkanes of at least 4 members (excludes halogenated alkanes) is 1. The summed E-state index contributed by atoms with van der Waals surface area (Å²) in [6.07, 6.45) is 3.35. The molecule has 1 rings (SSSR count). The first-order valence-corrected chi connectivity index (χ1v) is 7.17. The minimum atomic E-state index is 0.525. The van der Waals surface area contributed by atoms with Gasteiger partial charge in [-0.25, -0.2) is 0 Å². The van der Waals surface area contributed by atoms with Gasteiger partial charge in [-0.05, 0) is 38.3 Å². The highest BCUT2D eigenvalue weighted by molar-refractivity contribution is 5.15. The van der Waals surface area contributed by atoms with Gasteiger partial charge in [0.25, 0.3) is 0 Å². The number of nitrogens with one attached hydrogen (secondary N) is 1. The fourth-order valence-electron chi connectivity index (χ4n) is 1.96. The zero-order chi connectivity index (χ0) is 13.8. The number of hydrogen-bond donors (Lipinski definition) is 1. The maximum atomic E-state index is 5.42. The molecule has 0 aliphatic heterocycles. The number of ether oxygens (including phenoxy) is 2. The lowest BCUT2D eigenvalue weighted by Crippen LogP contribution is -2.29. The van der Waals surface area contributed by atoms with Crippen LogP contribution in [-0.4, -0.2) is 39.5 Å². The molecule has 0 saturated carbocycles. The van der Waals surface area contributed by atoms with Gasteiger partial charge in [0.1, 0.15) is 0 Å². The summed E-state index contributed by atoms with van der Waals surface area (Å²) in [6.45, 7) is 5.52. The van der Waals surface area contributed by atoms with Crippen LogP contribution >= 0.6 is 0 Å². The smallest absolute Gasteiger partial charge is 0.0700 e. The lowest BCUT2D eigenvalue weighted by Gasteiger charge is -2.13. The van der Waals surface area contributed by atoms with E-state index < -0.39 is 0 Å². The largest absolute Gasteiger partial charge is 0.382 e. The second-order valence-corrected chi connectivity index (χ2v) is 4.86. The molecule has 1 aromatic carbocycles. The Labute approximate surface area is 117 Å². The lowest BCUT2D eigenvalue weighted by atomic mass is 10.1. The molecule has 0 aliphatic carbocycles. The Morgan fingerprint density at radius 2 is 1.84 bits per heavy atom. The van der Waals surface area contributed by atoms with Crippen LogP contribution < -0.4 is 5.32 Å². The van der Waals surface area contributed by atoms with Crippen LogP contribution in [0.15, 0.2) is 30.3 Å². The van der Waals surface area contributed by atoms with Gasteiger partial charge in [0.05, 0.1) is 13.2 Å². The standard InChI is InChI=1S/C16H27NO2/c1-15(14-16-8-4-3-5-9-16)17-10-6-7-11-19-13-12-18-2/h3-5,8-9,15,17H,6-7,10-14H2,1-2H3. The molecule has 1 atom stereocenters. The van der Waals surface area contributed by atoms with Gasteiger partial charge in [0, 0.05) is 19.8 Å². The summed E-state index contributed by atoms with van der Waals surface area (Å²) in [7, 11) is 1.70. The average molecular weight is 265 g/mol. The van der Waals surface area contributed by atoms with E-state index in [1.807, 2.05) is 0 Å². The monoisotopic (exact) mass is 265 g/mol. The normalized spacial score (nSPS) is 12.5. The molecule has 3 heteroatoms. The molecule has 0 radical (unpaired) electrons. The first-order valence-electron chi connectivity index (χ1n) is 7.17. The van der Waals surface area contributed by atoms with E-state index in [4.69, 9.17) is 9.47 Å². The summed E-state index contributed by atoms with van der Waals surface area (Å²) in [6, 6.07) is 11.1. The third kappa shape index (κ3) is 8.76. The second kappa shape index (κ2) is 11.0. The third-order valence-corrected chi connectivity index (χ3v) is 3.02.